The number of amides is 4. The molecule has 10 fully saturated rings. The van der Waals surface area contributed by atoms with E-state index in [-0.39, 0.29) is 0 Å². The van der Waals surface area contributed by atoms with Crippen molar-refractivity contribution in [2.24, 2.45) is 0 Å². The van der Waals surface area contributed by atoms with Crippen molar-refractivity contribution in [3.05, 3.63) is 0 Å². The molecule has 60 heteroatoms. The molecule has 10 aliphatic rings. The summed E-state index contributed by atoms with van der Waals surface area (Å²) in [7, 11) is 0. The van der Waals surface area contributed by atoms with E-state index in [1.54, 1.807) is 0 Å². The van der Waals surface area contributed by atoms with E-state index < -0.39 is 434 Å². The maximum absolute atomic E-state index is 13.2. The molecule has 60 nitrogen and oxygen atoms in total. The van der Waals surface area contributed by atoms with Crippen molar-refractivity contribution < 1.29 is 277 Å². The van der Waals surface area contributed by atoms with Gasteiger partial charge in [0.25, 0.3) is 0 Å². The molecule has 0 aromatic carbocycles. The second-order valence-electron chi connectivity index (χ2n) is 33.6. The van der Waals surface area contributed by atoms with Crippen LogP contribution in [0.1, 0.15) is 27.7 Å². The first kappa shape index (κ1) is 112. The van der Waals surface area contributed by atoms with Crippen LogP contribution in [0.15, 0.2) is 0 Å². The van der Waals surface area contributed by atoms with Crippen molar-refractivity contribution in [2.45, 2.75) is 359 Å². The fourth-order valence-corrected chi connectivity index (χ4v) is 16.9. The van der Waals surface area contributed by atoms with Gasteiger partial charge in [0, 0.05) is 27.7 Å². The van der Waals surface area contributed by atoms with Crippen LogP contribution in [0.25, 0.3) is 0 Å². The summed E-state index contributed by atoms with van der Waals surface area (Å²) in [6.45, 7) is -10.6. The summed E-state index contributed by atoms with van der Waals surface area (Å²) >= 11 is 0. The van der Waals surface area contributed by atoms with E-state index in [0.29, 0.717) is 0 Å². The number of nitrogens with one attached hydrogen (secondary N) is 4. The van der Waals surface area contributed by atoms with E-state index >= 15 is 0 Å². The average molecular weight is 1970 g/mol. The quantitative estimate of drug-likeness (QED) is 0.0272. The number of rotatable bonds is 39. The molecule has 0 radical (unpaired) electrons. The Bertz CT molecular complexity index is 3590. The third-order valence-electron chi connectivity index (χ3n) is 24.2. The van der Waals surface area contributed by atoms with Gasteiger partial charge in [0.2, 0.25) is 23.6 Å². The van der Waals surface area contributed by atoms with Gasteiger partial charge in [-0.2, -0.15) is 0 Å². The molecule has 54 atom stereocenters. The fourth-order valence-electron chi connectivity index (χ4n) is 16.9. The normalized spacial score (nSPS) is 47.3. The lowest BCUT2D eigenvalue weighted by molar-refractivity contribution is -0.394. The highest BCUT2D eigenvalue weighted by atomic mass is 16.8. The van der Waals surface area contributed by atoms with Gasteiger partial charge in [0.15, 0.2) is 62.9 Å². The van der Waals surface area contributed by atoms with Crippen LogP contribution in [-0.2, 0) is 114 Å². The Balaban J connectivity index is 0.978. The van der Waals surface area contributed by atoms with Gasteiger partial charge in [-0.3, -0.25) is 19.2 Å². The van der Waals surface area contributed by atoms with Crippen molar-refractivity contribution >= 4 is 23.6 Å². The number of ether oxygens (including phenoxy) is 20. The van der Waals surface area contributed by atoms with Crippen molar-refractivity contribution in [1.29, 1.82) is 0 Å². The van der Waals surface area contributed by atoms with E-state index in [4.69, 9.17) is 94.7 Å². The van der Waals surface area contributed by atoms with Gasteiger partial charge < -0.3 is 279 Å². The van der Waals surface area contributed by atoms with Crippen LogP contribution < -0.4 is 21.3 Å². The maximum Gasteiger partial charge on any atom is 0.217 e. The highest BCUT2D eigenvalue weighted by Gasteiger charge is 2.62. The predicted molar refractivity (Wildman–Crippen MR) is 411 cm³/mol. The smallest absolute Gasteiger partial charge is 0.217 e. The lowest BCUT2D eigenvalue weighted by Gasteiger charge is -2.51. The Morgan fingerprint density at radius 1 is 0.246 bits per heavy atom. The minimum absolute atomic E-state index is 0.870. The van der Waals surface area contributed by atoms with Crippen molar-refractivity contribution in [1.82, 2.24) is 21.3 Å². The Hall–Kier alpha value is -4.20. The average Bonchev–Trinajstić information content (AvgIpc) is 0.768. The third-order valence-corrected chi connectivity index (χ3v) is 24.2. The van der Waals surface area contributed by atoms with Crippen molar-refractivity contribution in [2.75, 3.05) is 79.3 Å². The second-order valence-corrected chi connectivity index (χ2v) is 33.6. The van der Waals surface area contributed by atoms with Gasteiger partial charge in [0.1, 0.15) is 268 Å². The van der Waals surface area contributed by atoms with Gasteiger partial charge in [-0.1, -0.05) is 0 Å². The molecule has 10 heterocycles. The minimum atomic E-state index is -2.82. The number of aliphatic hydroxyl groups excluding tert-OH is 32. The molecule has 0 bridgehead atoms. The largest absolute Gasteiger partial charge is 0.394 e. The van der Waals surface area contributed by atoms with Gasteiger partial charge >= 0.3 is 0 Å². The number of carbonyl (C=O) groups is 4. The van der Waals surface area contributed by atoms with Crippen LogP contribution >= 0.6 is 0 Å². The molecule has 10 aliphatic heterocycles. The highest BCUT2D eigenvalue weighted by Crippen LogP contribution is 2.41. The SMILES string of the molecule is CC(=O)N[C@H]1[C@H](OC[C@H]2O[C@H](OC[C@@H](O)[C@@H](O)[C@H](O[C@H]3O[C@H](CO)[C@@H](O[C@@H]4O[C@H](CO)[C@@H](O[C@@H]5O[C@H](CO)[C@H](O)[C@H](O)[C@H]5O)[C@H](O)[C@H]4NC(C)=O)[C@H](O)[C@@H]3O[C@@H]3O[C@H](CO)[C@@H](O[C@@H]4O[C@H](CO)[C@H](O)[C@H](O)[C@H]4O)[C@H](O)[C@H]3NC(C)=O)[C@H](O)CO)[C@@H](O[C@@H]3O[C@H](CO)[C@@H](O[C@@H]4O[C@H](CO)[C@H](O)[C@H](O)[C@H]4O)[C@H](O)[C@H]3NC(C)=O)[C@@H](O)[C@@H]2O)O[C@H](CO)[C@@H](O[C@@H]2O[C@H](CO)[C@H](O)[C@H](O)[C@H]2O)[C@@H]1O. The van der Waals surface area contributed by atoms with E-state index in [2.05, 4.69) is 21.3 Å². The Morgan fingerprint density at radius 2 is 0.485 bits per heavy atom. The molecule has 10 rings (SSSR count). The third kappa shape index (κ3) is 25.2. The summed E-state index contributed by atoms with van der Waals surface area (Å²) in [6, 6.07) is -7.98. The summed E-state index contributed by atoms with van der Waals surface area (Å²) in [5, 5.41) is 365. The van der Waals surface area contributed by atoms with Crippen LogP contribution in [0.3, 0.4) is 0 Å². The molecule has 0 aliphatic carbocycles. The molecule has 134 heavy (non-hydrogen) atoms. The molecular weight excluding hydrogens is 1840 g/mol. The Labute approximate surface area is 758 Å². The second kappa shape index (κ2) is 49.7. The van der Waals surface area contributed by atoms with Crippen molar-refractivity contribution in [3.63, 3.8) is 0 Å². The molecule has 0 aromatic rings. The van der Waals surface area contributed by atoms with Gasteiger partial charge in [-0.05, 0) is 0 Å². The first-order valence-electron chi connectivity index (χ1n) is 42.6. The van der Waals surface area contributed by atoms with E-state index in [1.165, 1.54) is 0 Å². The van der Waals surface area contributed by atoms with E-state index in [9.17, 15) is 183 Å². The fraction of sp³-hybridized carbons (Fsp3) is 0.946. The van der Waals surface area contributed by atoms with Crippen LogP contribution in [0, 0.1) is 0 Å². The van der Waals surface area contributed by atoms with Crippen LogP contribution in [0.4, 0.5) is 0 Å². The monoisotopic (exact) mass is 1970 g/mol. The molecular formula is C74H126N4O56. The highest BCUT2D eigenvalue weighted by molar-refractivity contribution is 5.74. The summed E-state index contributed by atoms with van der Waals surface area (Å²) < 4.78 is 118. The van der Waals surface area contributed by atoms with Gasteiger partial charge in [-0.15, -0.1) is 0 Å². The van der Waals surface area contributed by atoms with Crippen LogP contribution in [-0.4, -0.2) is 598 Å². The Morgan fingerprint density at radius 3 is 0.776 bits per heavy atom. The van der Waals surface area contributed by atoms with E-state index in [0.717, 1.165) is 27.7 Å². The summed E-state index contributed by atoms with van der Waals surface area (Å²) in [5.41, 5.74) is 0. The van der Waals surface area contributed by atoms with Crippen molar-refractivity contribution in [3.8, 4) is 0 Å². The molecule has 0 aromatic heterocycles. The zero-order valence-corrected chi connectivity index (χ0v) is 71.8. The van der Waals surface area contributed by atoms with Gasteiger partial charge in [-0.25, -0.2) is 0 Å². The zero-order chi connectivity index (χ0) is 98.9. The molecule has 10 saturated heterocycles. The van der Waals surface area contributed by atoms with E-state index in [1.807, 2.05) is 0 Å². The first-order valence-corrected chi connectivity index (χ1v) is 42.6. The summed E-state index contributed by atoms with van der Waals surface area (Å²) in [5.74, 6) is -3.99. The lowest BCUT2D eigenvalue weighted by atomic mass is 9.94. The zero-order valence-electron chi connectivity index (χ0n) is 71.8. The molecule has 0 saturated carbocycles. The predicted octanol–water partition coefficient (Wildman–Crippen LogP) is -24.8. The number of carbonyl (C=O) groups excluding carboxylic acids is 4. The van der Waals surface area contributed by atoms with Crippen LogP contribution in [0.5, 0.6) is 0 Å². The molecule has 778 valence electrons. The topological polar surface area (TPSA) is 948 Å². The summed E-state index contributed by atoms with van der Waals surface area (Å²) in [6.07, 6.45) is -108. The van der Waals surface area contributed by atoms with Crippen LogP contribution in [0.2, 0.25) is 0 Å². The maximum atomic E-state index is 13.2. The first-order chi connectivity index (χ1) is 63.4. The molecule has 0 spiro atoms. The lowest BCUT2D eigenvalue weighted by Crippen LogP contribution is -2.71. The number of aliphatic hydroxyl groups is 32. The summed E-state index contributed by atoms with van der Waals surface area (Å²) in [4.78, 5) is 52.2. The standard InChI is InChI=1S/C74H126N4O56/c1-17(89)75-33-43(101)58(129-69-52(110)47(105)38(96)23(6-80)117-69)27(10-84)121-65(33)116-16-32-42(100)51(109)63(133-67-35(77-19(3)91)45(103)60(29(12-86)123-67)131-71-54(112)49(107)40(98)25(8-82)119-71)73(126-32)115-15-22(94)37(95)57(21(93)5-79)127-74-64(134-68-36(78-20(4)92)46(104)61(30(13-87)124-68)132-72-55(113)50(108)41(99)26(9-83)120-72)56(114)62(31(14-88)125-74)128-66-34(76-18(2)90)44(102)59(28(11-85)122-66)130-70-53(111)48(106)39(97)24(7-81)118-70/h21-74,79-88,93-114H,5-16H2,1-4H3,(H,75,89)(H,76,90)(H,77,91)(H,78,92)/t21-,22-,23-,24-,25-,26-,27-,28-,29-,30-,31-,32-,33-,34-,35-,36-,37-,38+,39+,40+,41+,42-,43-,44-,45-,46-,47+,48+,49+,50+,51+,52-,53-,54-,55-,56+,57-,58-,59-,60-,61-,62-,63+,64+,65-,66+,67+,68+,69+,70+,71+,72+,73+,74-/m1/s1. The number of hydrogen-bond acceptors (Lipinski definition) is 56. The molecule has 0 unspecified atom stereocenters. The number of hydrogen-bond donors (Lipinski definition) is 36. The minimum Gasteiger partial charge on any atom is -0.394 e. The Kier molecular flexibility index (Phi) is 41.4. The molecule has 36 N–H and O–H groups in total. The van der Waals surface area contributed by atoms with Gasteiger partial charge in [0.05, 0.1) is 79.3 Å². The molecule has 4 amide bonds.